The lowest BCUT2D eigenvalue weighted by Gasteiger charge is -2.32. The molecule has 0 amide bonds. The molecule has 16 heavy (non-hydrogen) atoms. The van der Waals surface area contributed by atoms with E-state index in [4.69, 9.17) is 20.9 Å². The van der Waals surface area contributed by atoms with Gasteiger partial charge in [0.25, 0.3) is 0 Å². The van der Waals surface area contributed by atoms with Gasteiger partial charge in [0.05, 0.1) is 11.2 Å². The van der Waals surface area contributed by atoms with Crippen LogP contribution in [0.2, 0.25) is 0 Å². The van der Waals surface area contributed by atoms with Gasteiger partial charge in [-0.25, -0.2) is 0 Å². The molecule has 0 aromatic heterocycles. The lowest BCUT2D eigenvalue weighted by Crippen LogP contribution is -2.41. The molecule has 1 saturated heterocycles. The molecule has 0 spiro atoms. The molecular formula is C12H22BClO2. The minimum Gasteiger partial charge on any atom is -0.400 e. The van der Waals surface area contributed by atoms with E-state index >= 15 is 0 Å². The zero-order valence-electron chi connectivity index (χ0n) is 11.0. The fourth-order valence-corrected chi connectivity index (χ4v) is 1.75. The first-order valence-electron chi connectivity index (χ1n) is 5.87. The Bertz CT molecular complexity index is 258. The highest BCUT2D eigenvalue weighted by atomic mass is 35.5. The molecule has 0 radical (unpaired) electrons. The average Bonchev–Trinajstić information content (AvgIpc) is 2.31. The summed E-state index contributed by atoms with van der Waals surface area (Å²) in [6.45, 7) is 10.4. The van der Waals surface area contributed by atoms with Gasteiger partial charge >= 0.3 is 7.12 Å². The summed E-state index contributed by atoms with van der Waals surface area (Å²) in [7, 11) is -0.222. The van der Waals surface area contributed by atoms with Gasteiger partial charge in [-0.3, -0.25) is 0 Å². The number of halogens is 1. The normalized spacial score (nSPS) is 23.9. The van der Waals surface area contributed by atoms with Crippen molar-refractivity contribution in [3.8, 4) is 0 Å². The zero-order chi connectivity index (χ0) is 12.4. The maximum atomic E-state index is 5.88. The van der Waals surface area contributed by atoms with E-state index in [1.165, 1.54) is 5.57 Å². The molecule has 4 heteroatoms. The van der Waals surface area contributed by atoms with E-state index in [-0.39, 0.29) is 18.3 Å². The second kappa shape index (κ2) is 5.11. The van der Waals surface area contributed by atoms with Crippen LogP contribution in [0.15, 0.2) is 11.5 Å². The number of hydrogen-bond acceptors (Lipinski definition) is 2. The van der Waals surface area contributed by atoms with Gasteiger partial charge in [0.1, 0.15) is 0 Å². The van der Waals surface area contributed by atoms with E-state index in [0.29, 0.717) is 5.88 Å². The van der Waals surface area contributed by atoms with Gasteiger partial charge in [0.2, 0.25) is 0 Å². The van der Waals surface area contributed by atoms with Crippen LogP contribution in [0.3, 0.4) is 0 Å². The predicted octanol–water partition coefficient (Wildman–Crippen LogP) is 3.58. The summed E-state index contributed by atoms with van der Waals surface area (Å²) in [5.41, 5.74) is 0.779. The quantitative estimate of drug-likeness (QED) is 0.556. The summed E-state index contributed by atoms with van der Waals surface area (Å²) in [5.74, 6) is 2.76. The standard InChI is InChI=1S/C12H22BClO2/c1-10(7-6-8-14)9-13-15-11(2,3)12(4,5)16-13/h9H,6-8H2,1-5H3/b10-9+. The lowest BCUT2D eigenvalue weighted by atomic mass is 9.86. The smallest absolute Gasteiger partial charge is 0.400 e. The number of rotatable bonds is 4. The molecule has 92 valence electrons. The summed E-state index contributed by atoms with van der Waals surface area (Å²) >= 11 is 5.66. The van der Waals surface area contributed by atoms with Crippen LogP contribution in [0.5, 0.6) is 0 Å². The van der Waals surface area contributed by atoms with Gasteiger partial charge in [0, 0.05) is 5.88 Å². The Morgan fingerprint density at radius 3 is 2.12 bits per heavy atom. The van der Waals surface area contributed by atoms with Crippen molar-refractivity contribution >= 4 is 18.7 Å². The van der Waals surface area contributed by atoms with Gasteiger partial charge in [-0.05, 0) is 47.5 Å². The third kappa shape index (κ3) is 3.25. The minimum absolute atomic E-state index is 0.222. The summed E-state index contributed by atoms with van der Waals surface area (Å²) in [5, 5.41) is 0. The van der Waals surface area contributed by atoms with Crippen LogP contribution in [0.1, 0.15) is 47.5 Å². The van der Waals surface area contributed by atoms with E-state index in [1.54, 1.807) is 0 Å². The SMILES string of the molecule is C/C(=C\B1OC(C)(C)C(C)(C)O1)CCCCl. The van der Waals surface area contributed by atoms with Crippen LogP contribution in [0, 0.1) is 0 Å². The van der Waals surface area contributed by atoms with Crippen LogP contribution in [-0.4, -0.2) is 24.2 Å². The predicted molar refractivity (Wildman–Crippen MR) is 69.8 cm³/mol. The molecule has 1 aliphatic rings. The van der Waals surface area contributed by atoms with Crippen molar-refractivity contribution in [3.63, 3.8) is 0 Å². The summed E-state index contributed by atoms with van der Waals surface area (Å²) in [6, 6.07) is 0. The Labute approximate surface area is 104 Å². The number of alkyl halides is 1. The van der Waals surface area contributed by atoms with Crippen molar-refractivity contribution in [1.82, 2.24) is 0 Å². The van der Waals surface area contributed by atoms with Gasteiger partial charge in [0.15, 0.2) is 0 Å². The highest BCUT2D eigenvalue weighted by Crippen LogP contribution is 2.37. The molecule has 1 heterocycles. The Morgan fingerprint density at radius 2 is 1.69 bits per heavy atom. The maximum Gasteiger partial charge on any atom is 0.487 e. The fraction of sp³-hybridized carbons (Fsp3) is 0.833. The summed E-state index contributed by atoms with van der Waals surface area (Å²) < 4.78 is 11.8. The first-order valence-corrected chi connectivity index (χ1v) is 6.41. The molecule has 0 aromatic rings. The van der Waals surface area contributed by atoms with Crippen LogP contribution in [-0.2, 0) is 9.31 Å². The Balaban J connectivity index is 2.59. The fourth-order valence-electron chi connectivity index (χ4n) is 1.62. The molecule has 0 atom stereocenters. The Morgan fingerprint density at radius 1 is 1.19 bits per heavy atom. The molecule has 1 aliphatic heterocycles. The Hall–Kier alpha value is 0.0149. The second-order valence-electron chi connectivity index (χ2n) is 5.43. The third-order valence-corrected chi connectivity index (χ3v) is 3.66. The van der Waals surface area contributed by atoms with Crippen molar-refractivity contribution in [1.29, 1.82) is 0 Å². The molecule has 2 nitrogen and oxygen atoms in total. The molecule has 0 saturated carbocycles. The highest BCUT2D eigenvalue weighted by Gasteiger charge is 2.50. The van der Waals surface area contributed by atoms with Crippen LogP contribution in [0.4, 0.5) is 0 Å². The molecule has 0 aliphatic carbocycles. The van der Waals surface area contributed by atoms with Crippen molar-refractivity contribution in [2.45, 2.75) is 58.7 Å². The minimum atomic E-state index is -0.249. The summed E-state index contributed by atoms with van der Waals surface area (Å²) in [4.78, 5) is 0. The van der Waals surface area contributed by atoms with E-state index in [2.05, 4.69) is 40.6 Å². The monoisotopic (exact) mass is 244 g/mol. The van der Waals surface area contributed by atoms with Gasteiger partial charge < -0.3 is 9.31 Å². The van der Waals surface area contributed by atoms with E-state index in [0.717, 1.165) is 12.8 Å². The topological polar surface area (TPSA) is 18.5 Å². The lowest BCUT2D eigenvalue weighted by molar-refractivity contribution is 0.00578. The molecule has 0 N–H and O–H groups in total. The average molecular weight is 245 g/mol. The highest BCUT2D eigenvalue weighted by molar-refractivity contribution is 6.51. The van der Waals surface area contributed by atoms with Gasteiger partial charge in [-0.15, -0.1) is 11.6 Å². The molecule has 1 fully saturated rings. The second-order valence-corrected chi connectivity index (χ2v) is 5.81. The van der Waals surface area contributed by atoms with Crippen LogP contribution < -0.4 is 0 Å². The first-order chi connectivity index (χ1) is 7.28. The summed E-state index contributed by atoms with van der Waals surface area (Å²) in [6.07, 6.45) is 2.01. The molecule has 0 aromatic carbocycles. The number of hydrogen-bond donors (Lipinski definition) is 0. The maximum absolute atomic E-state index is 5.88. The van der Waals surface area contributed by atoms with E-state index in [1.807, 2.05) is 0 Å². The first kappa shape index (κ1) is 14.1. The molecular weight excluding hydrogens is 222 g/mol. The Kier molecular flexibility index (Phi) is 4.50. The molecule has 1 rings (SSSR count). The van der Waals surface area contributed by atoms with Gasteiger partial charge in [-0.1, -0.05) is 11.5 Å². The zero-order valence-corrected chi connectivity index (χ0v) is 11.7. The third-order valence-electron chi connectivity index (χ3n) is 3.40. The van der Waals surface area contributed by atoms with Crippen molar-refractivity contribution < 1.29 is 9.31 Å². The largest absolute Gasteiger partial charge is 0.487 e. The van der Waals surface area contributed by atoms with E-state index in [9.17, 15) is 0 Å². The van der Waals surface area contributed by atoms with Crippen LogP contribution >= 0.6 is 11.6 Å². The number of allylic oxidation sites excluding steroid dienone is 1. The van der Waals surface area contributed by atoms with Crippen LogP contribution in [0.25, 0.3) is 0 Å². The van der Waals surface area contributed by atoms with Crippen molar-refractivity contribution in [3.05, 3.63) is 11.5 Å². The molecule has 0 unspecified atom stereocenters. The van der Waals surface area contributed by atoms with Gasteiger partial charge in [-0.2, -0.15) is 0 Å². The van der Waals surface area contributed by atoms with E-state index < -0.39 is 0 Å². The molecule has 0 bridgehead atoms. The van der Waals surface area contributed by atoms with Crippen molar-refractivity contribution in [2.75, 3.05) is 5.88 Å². The van der Waals surface area contributed by atoms with Crippen molar-refractivity contribution in [2.24, 2.45) is 0 Å².